The number of hydrogen-bond donors (Lipinski definition) is 0. The number of benzene rings is 1. The Labute approximate surface area is 157 Å². The summed E-state index contributed by atoms with van der Waals surface area (Å²) in [6.45, 7) is 9.72. The molecule has 0 aliphatic rings. The van der Waals surface area contributed by atoms with Crippen LogP contribution < -0.4 is 5.43 Å². The van der Waals surface area contributed by atoms with Gasteiger partial charge in [0.1, 0.15) is 12.3 Å². The lowest BCUT2D eigenvalue weighted by Gasteiger charge is -2.17. The summed E-state index contributed by atoms with van der Waals surface area (Å²) in [6, 6.07) is 4.72. The second kappa shape index (κ2) is 7.84. The number of pyridine rings is 1. The van der Waals surface area contributed by atoms with Gasteiger partial charge in [-0.1, -0.05) is 35.6 Å². The molecule has 5 nitrogen and oxygen atoms in total. The third kappa shape index (κ3) is 4.80. The summed E-state index contributed by atoms with van der Waals surface area (Å²) in [7, 11) is 0.0966. The minimum atomic E-state index is -1.17. The molecule has 0 amide bonds. The van der Waals surface area contributed by atoms with Gasteiger partial charge in [-0.15, -0.1) is 0 Å². The average molecular weight is 426 g/mol. The van der Waals surface area contributed by atoms with Gasteiger partial charge in [0.05, 0.1) is 12.6 Å². The van der Waals surface area contributed by atoms with E-state index in [4.69, 9.17) is 9.47 Å². The second-order valence-corrected chi connectivity index (χ2v) is 13.8. The normalized spacial score (nSPS) is 11.8. The van der Waals surface area contributed by atoms with Crippen molar-refractivity contribution in [2.24, 2.45) is 0 Å². The zero-order valence-corrected chi connectivity index (χ0v) is 17.9. The van der Waals surface area contributed by atoms with Crippen LogP contribution in [0.4, 0.5) is 0 Å². The predicted molar refractivity (Wildman–Crippen MR) is 106 cm³/mol. The molecule has 1 aromatic heterocycles. The van der Waals surface area contributed by atoms with Crippen molar-refractivity contribution >= 4 is 40.9 Å². The minimum absolute atomic E-state index is 0.0190. The highest BCUT2D eigenvalue weighted by Gasteiger charge is 2.17. The molecule has 0 atom stereocenters. The van der Waals surface area contributed by atoms with Crippen molar-refractivity contribution in [2.45, 2.75) is 39.3 Å². The fraction of sp³-hybridized carbons (Fsp3) is 0.444. The summed E-state index contributed by atoms with van der Waals surface area (Å²) >= 11 is 3.50. The number of fused-ring (bicyclic) bond motifs is 1. The van der Waals surface area contributed by atoms with Crippen LogP contribution in [0.15, 0.2) is 27.6 Å². The Morgan fingerprint density at radius 3 is 2.56 bits per heavy atom. The Morgan fingerprint density at radius 2 is 1.96 bits per heavy atom. The smallest absolute Gasteiger partial charge is 0.343 e. The number of methoxy groups -OCH3 is 1. The number of nitrogens with zero attached hydrogens (tertiary/aromatic N) is 1. The number of rotatable bonds is 6. The molecule has 0 fully saturated rings. The number of halogens is 1. The zero-order valence-electron chi connectivity index (χ0n) is 15.3. The highest BCUT2D eigenvalue weighted by atomic mass is 79.9. The molecular weight excluding hydrogens is 402 g/mol. The number of aryl methyl sites for hydroxylation is 1. The van der Waals surface area contributed by atoms with E-state index >= 15 is 0 Å². The molecule has 2 aromatic rings. The molecule has 25 heavy (non-hydrogen) atoms. The van der Waals surface area contributed by atoms with Crippen LogP contribution in [-0.2, 0) is 16.2 Å². The summed E-state index contributed by atoms with van der Waals surface area (Å²) in [5.74, 6) is -0.636. The van der Waals surface area contributed by atoms with Gasteiger partial charge < -0.3 is 14.0 Å². The number of carbonyl (C=O) groups is 1. The van der Waals surface area contributed by atoms with Gasteiger partial charge in [-0.25, -0.2) is 4.79 Å². The first-order chi connectivity index (χ1) is 11.6. The lowest BCUT2D eigenvalue weighted by atomic mass is 10.1. The van der Waals surface area contributed by atoms with Crippen molar-refractivity contribution in [3.63, 3.8) is 0 Å². The fourth-order valence-corrected chi connectivity index (χ4v) is 3.51. The molecule has 0 saturated carbocycles. The largest absolute Gasteiger partial charge is 0.465 e. The summed E-state index contributed by atoms with van der Waals surface area (Å²) < 4.78 is 13.3. The molecule has 0 radical (unpaired) electrons. The first-order valence-corrected chi connectivity index (χ1v) is 12.6. The van der Waals surface area contributed by atoms with Crippen molar-refractivity contribution in [2.75, 3.05) is 13.7 Å². The first-order valence-electron chi connectivity index (χ1n) is 8.13. The maximum absolute atomic E-state index is 12.6. The Kier molecular flexibility index (Phi) is 6.24. The van der Waals surface area contributed by atoms with Gasteiger partial charge in [0.2, 0.25) is 5.43 Å². The van der Waals surface area contributed by atoms with Crippen LogP contribution in [0.2, 0.25) is 25.7 Å². The SMILES string of the molecule is COC(=O)c1cn(COCC[Si](C)(C)C)c2cc(Br)c(C)cc2c1=O. The topological polar surface area (TPSA) is 57.5 Å². The number of carbonyl (C=O) groups excluding carboxylic acids is 1. The molecule has 0 spiro atoms. The van der Waals surface area contributed by atoms with E-state index in [1.165, 1.54) is 13.3 Å². The van der Waals surface area contributed by atoms with Crippen molar-refractivity contribution in [1.82, 2.24) is 4.57 Å². The maximum Gasteiger partial charge on any atom is 0.343 e. The highest BCUT2D eigenvalue weighted by molar-refractivity contribution is 9.10. The zero-order chi connectivity index (χ0) is 18.8. The van der Waals surface area contributed by atoms with Crippen LogP contribution in [0.5, 0.6) is 0 Å². The molecule has 0 saturated heterocycles. The quantitative estimate of drug-likeness (QED) is 0.395. The van der Waals surface area contributed by atoms with Crippen LogP contribution in [0, 0.1) is 6.92 Å². The summed E-state index contributed by atoms with van der Waals surface area (Å²) in [5.41, 5.74) is 1.35. The van der Waals surface area contributed by atoms with Crippen molar-refractivity contribution in [3.8, 4) is 0 Å². The van der Waals surface area contributed by atoms with E-state index in [1.807, 2.05) is 13.0 Å². The van der Waals surface area contributed by atoms with Crippen LogP contribution in [0.3, 0.4) is 0 Å². The van der Waals surface area contributed by atoms with Gasteiger partial charge in [0.15, 0.2) is 0 Å². The van der Waals surface area contributed by atoms with Gasteiger partial charge in [-0.3, -0.25) is 4.79 Å². The third-order valence-electron chi connectivity index (χ3n) is 3.99. The van der Waals surface area contributed by atoms with Gasteiger partial charge in [0, 0.05) is 30.7 Å². The van der Waals surface area contributed by atoms with Crippen LogP contribution >= 0.6 is 15.9 Å². The van der Waals surface area contributed by atoms with E-state index in [1.54, 1.807) is 10.6 Å². The number of esters is 1. The van der Waals surface area contributed by atoms with Gasteiger partial charge in [0.25, 0.3) is 0 Å². The van der Waals surface area contributed by atoms with E-state index < -0.39 is 14.0 Å². The standard InChI is InChI=1S/C18H24BrNO4Si/c1-12-8-13-16(9-15(12)19)20(11-24-6-7-25(3,4)5)10-14(17(13)21)18(22)23-2/h8-10H,6-7,11H2,1-5H3. The lowest BCUT2D eigenvalue weighted by Crippen LogP contribution is -2.23. The van der Waals surface area contributed by atoms with E-state index in [0.717, 1.165) is 21.6 Å². The maximum atomic E-state index is 12.6. The Hall–Kier alpha value is -1.44. The molecule has 7 heteroatoms. The van der Waals surface area contributed by atoms with E-state index in [-0.39, 0.29) is 17.7 Å². The van der Waals surface area contributed by atoms with Gasteiger partial charge in [-0.05, 0) is 30.7 Å². The molecule has 1 aromatic carbocycles. The molecule has 0 aliphatic heterocycles. The molecule has 0 aliphatic carbocycles. The molecule has 0 bridgehead atoms. The molecule has 2 rings (SSSR count). The fourth-order valence-electron chi connectivity index (χ4n) is 2.42. The highest BCUT2D eigenvalue weighted by Crippen LogP contribution is 2.23. The van der Waals surface area contributed by atoms with Crippen LogP contribution in [0.1, 0.15) is 15.9 Å². The van der Waals surface area contributed by atoms with Crippen molar-refractivity contribution in [3.05, 3.63) is 44.2 Å². The molecule has 0 unspecified atom stereocenters. The Morgan fingerprint density at radius 1 is 1.28 bits per heavy atom. The predicted octanol–water partition coefficient (Wildman–Crippen LogP) is 4.17. The second-order valence-electron chi connectivity index (χ2n) is 7.30. The lowest BCUT2D eigenvalue weighted by molar-refractivity contribution is 0.0595. The summed E-state index contributed by atoms with van der Waals surface area (Å²) in [6.07, 6.45) is 1.52. The van der Waals surface area contributed by atoms with E-state index in [0.29, 0.717) is 12.0 Å². The summed E-state index contributed by atoms with van der Waals surface area (Å²) in [4.78, 5) is 24.6. The van der Waals surface area contributed by atoms with Crippen LogP contribution in [0.25, 0.3) is 10.9 Å². The van der Waals surface area contributed by atoms with Gasteiger partial charge in [-0.2, -0.15) is 0 Å². The van der Waals surface area contributed by atoms with Crippen LogP contribution in [-0.4, -0.2) is 32.3 Å². The van der Waals surface area contributed by atoms with Crippen molar-refractivity contribution < 1.29 is 14.3 Å². The molecule has 1 heterocycles. The van der Waals surface area contributed by atoms with E-state index in [9.17, 15) is 9.59 Å². The van der Waals surface area contributed by atoms with Crippen molar-refractivity contribution in [1.29, 1.82) is 0 Å². The number of hydrogen-bond acceptors (Lipinski definition) is 4. The van der Waals surface area contributed by atoms with E-state index in [2.05, 4.69) is 35.6 Å². The Bertz CT molecular complexity index is 855. The van der Waals surface area contributed by atoms with Gasteiger partial charge >= 0.3 is 5.97 Å². The Balaban J connectivity index is 2.46. The number of ether oxygens (including phenoxy) is 2. The molecule has 0 N–H and O–H groups in total. The molecule has 136 valence electrons. The average Bonchev–Trinajstić information content (AvgIpc) is 2.53. The minimum Gasteiger partial charge on any atom is -0.465 e. The third-order valence-corrected chi connectivity index (χ3v) is 6.55. The monoisotopic (exact) mass is 425 g/mol. The molecular formula is C18H24BrNO4Si. The number of aromatic nitrogens is 1. The first kappa shape index (κ1) is 19.9. The summed E-state index contributed by atoms with van der Waals surface area (Å²) in [5, 5.41) is 0.484.